The standard InChI is InChI=1S/C19H19N3O2/c1-4-15(18-11-20-12-21-18)16-7-5-6-13-8-9-14(10-17(13)16)22(2)19(23)24-3/h4-12H,1-3H3,(H,20,21)/b15-4-. The van der Waals surface area contributed by atoms with Crippen molar-refractivity contribution < 1.29 is 9.53 Å². The minimum atomic E-state index is -0.398. The Hall–Kier alpha value is -3.08. The Kier molecular flexibility index (Phi) is 4.33. The zero-order chi connectivity index (χ0) is 17.1. The first-order valence-electron chi connectivity index (χ1n) is 7.66. The van der Waals surface area contributed by atoms with E-state index >= 15 is 0 Å². The van der Waals surface area contributed by atoms with Gasteiger partial charge in [0.2, 0.25) is 0 Å². The molecule has 0 aliphatic carbocycles. The van der Waals surface area contributed by atoms with Gasteiger partial charge in [-0.25, -0.2) is 9.78 Å². The number of nitrogens with one attached hydrogen (secondary N) is 1. The second-order valence-corrected chi connectivity index (χ2v) is 5.40. The third kappa shape index (κ3) is 2.76. The number of methoxy groups -OCH3 is 1. The summed E-state index contributed by atoms with van der Waals surface area (Å²) in [6, 6.07) is 12.1. The molecular formula is C19H19N3O2. The molecule has 0 saturated heterocycles. The van der Waals surface area contributed by atoms with Gasteiger partial charge in [0.1, 0.15) is 0 Å². The van der Waals surface area contributed by atoms with E-state index in [0.717, 1.165) is 33.3 Å². The molecular weight excluding hydrogens is 302 g/mol. The molecule has 0 unspecified atom stereocenters. The second-order valence-electron chi connectivity index (χ2n) is 5.40. The molecule has 0 atom stereocenters. The van der Waals surface area contributed by atoms with Gasteiger partial charge in [0.15, 0.2) is 0 Å². The van der Waals surface area contributed by atoms with Crippen LogP contribution in [-0.4, -0.2) is 30.2 Å². The summed E-state index contributed by atoms with van der Waals surface area (Å²) in [5.74, 6) is 0. The predicted molar refractivity (Wildman–Crippen MR) is 96.1 cm³/mol. The number of amides is 1. The number of nitrogens with zero attached hydrogens (tertiary/aromatic N) is 2. The van der Waals surface area contributed by atoms with E-state index in [1.807, 2.05) is 43.5 Å². The highest BCUT2D eigenvalue weighted by Gasteiger charge is 2.14. The molecule has 0 aliphatic rings. The molecule has 1 N–H and O–H groups in total. The van der Waals surface area contributed by atoms with Gasteiger partial charge in [0.25, 0.3) is 0 Å². The Bertz CT molecular complexity index is 898. The van der Waals surface area contributed by atoms with Crippen molar-refractivity contribution in [1.82, 2.24) is 9.97 Å². The summed E-state index contributed by atoms with van der Waals surface area (Å²) >= 11 is 0. The maximum atomic E-state index is 11.8. The molecule has 3 rings (SSSR count). The zero-order valence-corrected chi connectivity index (χ0v) is 13.9. The number of carbonyl (C=O) groups excluding carboxylic acids is 1. The third-order valence-electron chi connectivity index (χ3n) is 4.05. The molecule has 1 heterocycles. The van der Waals surface area contributed by atoms with Gasteiger partial charge in [-0.15, -0.1) is 0 Å². The number of hydrogen-bond donors (Lipinski definition) is 1. The molecule has 1 amide bonds. The minimum absolute atomic E-state index is 0.398. The third-order valence-corrected chi connectivity index (χ3v) is 4.05. The van der Waals surface area contributed by atoms with E-state index in [0.29, 0.717) is 0 Å². The first kappa shape index (κ1) is 15.8. The lowest BCUT2D eigenvalue weighted by atomic mass is 9.96. The fourth-order valence-corrected chi connectivity index (χ4v) is 2.80. The molecule has 0 saturated carbocycles. The highest BCUT2D eigenvalue weighted by atomic mass is 16.5. The van der Waals surface area contributed by atoms with Crippen LogP contribution in [0.4, 0.5) is 10.5 Å². The van der Waals surface area contributed by atoms with E-state index < -0.39 is 6.09 Å². The number of allylic oxidation sites excluding steroid dienone is 1. The van der Waals surface area contributed by atoms with E-state index in [9.17, 15) is 4.79 Å². The number of benzene rings is 2. The van der Waals surface area contributed by atoms with E-state index in [1.165, 1.54) is 12.0 Å². The lowest BCUT2D eigenvalue weighted by Gasteiger charge is -2.17. The number of fused-ring (bicyclic) bond motifs is 1. The number of anilines is 1. The number of ether oxygens (including phenoxy) is 1. The number of aromatic amines is 1. The Morgan fingerprint density at radius 2 is 2.12 bits per heavy atom. The van der Waals surface area contributed by atoms with E-state index in [-0.39, 0.29) is 0 Å². The van der Waals surface area contributed by atoms with Gasteiger partial charge in [0, 0.05) is 24.5 Å². The van der Waals surface area contributed by atoms with Crippen molar-refractivity contribution in [3.05, 3.63) is 66.3 Å². The number of aromatic nitrogens is 2. The van der Waals surface area contributed by atoms with E-state index in [4.69, 9.17) is 4.74 Å². The summed E-state index contributed by atoms with van der Waals surface area (Å²) in [7, 11) is 3.07. The van der Waals surface area contributed by atoms with Crippen LogP contribution in [0.25, 0.3) is 16.3 Å². The molecule has 0 radical (unpaired) electrons. The van der Waals surface area contributed by atoms with Crippen LogP contribution in [0.15, 0.2) is 55.0 Å². The normalized spacial score (nSPS) is 11.5. The van der Waals surface area contributed by atoms with Crippen LogP contribution in [0.2, 0.25) is 0 Å². The van der Waals surface area contributed by atoms with Gasteiger partial charge < -0.3 is 9.72 Å². The van der Waals surface area contributed by atoms with Crippen molar-refractivity contribution in [2.45, 2.75) is 6.92 Å². The van der Waals surface area contributed by atoms with Crippen molar-refractivity contribution in [3.8, 4) is 0 Å². The molecule has 3 aromatic rings. The Morgan fingerprint density at radius 3 is 2.79 bits per heavy atom. The van der Waals surface area contributed by atoms with Crippen LogP contribution in [0.5, 0.6) is 0 Å². The minimum Gasteiger partial charge on any atom is -0.452 e. The molecule has 122 valence electrons. The number of H-pyrrole nitrogens is 1. The fraction of sp³-hybridized carbons (Fsp3) is 0.158. The van der Waals surface area contributed by atoms with Crippen LogP contribution in [-0.2, 0) is 4.74 Å². The largest absolute Gasteiger partial charge is 0.452 e. The van der Waals surface area contributed by atoms with Crippen LogP contribution < -0.4 is 4.90 Å². The molecule has 0 bridgehead atoms. The summed E-state index contributed by atoms with van der Waals surface area (Å²) in [6.07, 6.45) is 5.19. The monoisotopic (exact) mass is 321 g/mol. The average Bonchev–Trinajstić information content (AvgIpc) is 3.15. The second kappa shape index (κ2) is 6.58. The fourth-order valence-electron chi connectivity index (χ4n) is 2.80. The van der Waals surface area contributed by atoms with E-state index in [1.54, 1.807) is 13.4 Å². The molecule has 5 heteroatoms. The lowest BCUT2D eigenvalue weighted by molar-refractivity contribution is 0.180. The highest BCUT2D eigenvalue weighted by molar-refractivity contribution is 6.00. The number of rotatable bonds is 3. The van der Waals surface area contributed by atoms with Crippen LogP contribution in [0.1, 0.15) is 18.2 Å². The van der Waals surface area contributed by atoms with Gasteiger partial charge in [0.05, 0.1) is 19.1 Å². The Labute approximate surface area is 140 Å². The average molecular weight is 321 g/mol. The first-order chi connectivity index (χ1) is 11.7. The van der Waals surface area contributed by atoms with Gasteiger partial charge in [-0.1, -0.05) is 30.3 Å². The molecule has 0 spiro atoms. The van der Waals surface area contributed by atoms with Crippen LogP contribution in [0.3, 0.4) is 0 Å². The van der Waals surface area contributed by atoms with Crippen molar-refractivity contribution in [1.29, 1.82) is 0 Å². The van der Waals surface area contributed by atoms with E-state index in [2.05, 4.69) is 22.1 Å². The van der Waals surface area contributed by atoms with Crippen LogP contribution in [0, 0.1) is 0 Å². The molecule has 2 aromatic carbocycles. The van der Waals surface area contributed by atoms with Gasteiger partial charge in [-0.3, -0.25) is 4.90 Å². The number of imidazole rings is 1. The zero-order valence-electron chi connectivity index (χ0n) is 13.9. The van der Waals surface area contributed by atoms with Crippen molar-refractivity contribution in [2.24, 2.45) is 0 Å². The molecule has 0 fully saturated rings. The maximum Gasteiger partial charge on any atom is 0.413 e. The Morgan fingerprint density at radius 1 is 1.29 bits per heavy atom. The summed E-state index contributed by atoms with van der Waals surface area (Å²) in [5.41, 5.74) is 3.78. The quantitative estimate of drug-likeness (QED) is 0.786. The molecule has 1 aromatic heterocycles. The van der Waals surface area contributed by atoms with Crippen molar-refractivity contribution in [3.63, 3.8) is 0 Å². The first-order valence-corrected chi connectivity index (χ1v) is 7.66. The Balaban J connectivity index is 2.17. The summed E-state index contributed by atoms with van der Waals surface area (Å²) in [6.45, 7) is 1.99. The van der Waals surface area contributed by atoms with Crippen LogP contribution >= 0.6 is 0 Å². The SMILES string of the molecule is C/C=C(\c1c[nH]cn1)c1cccc2ccc(N(C)C(=O)OC)cc12. The van der Waals surface area contributed by atoms with Crippen molar-refractivity contribution >= 4 is 28.1 Å². The van der Waals surface area contributed by atoms with Gasteiger partial charge in [-0.05, 0) is 35.4 Å². The summed E-state index contributed by atoms with van der Waals surface area (Å²) in [4.78, 5) is 20.6. The van der Waals surface area contributed by atoms with Gasteiger partial charge >= 0.3 is 6.09 Å². The smallest absolute Gasteiger partial charge is 0.413 e. The number of carbonyl (C=O) groups is 1. The lowest BCUT2D eigenvalue weighted by Crippen LogP contribution is -2.25. The molecule has 0 aliphatic heterocycles. The van der Waals surface area contributed by atoms with Gasteiger partial charge in [-0.2, -0.15) is 0 Å². The highest BCUT2D eigenvalue weighted by Crippen LogP contribution is 2.31. The predicted octanol–water partition coefficient (Wildman–Crippen LogP) is 4.22. The van der Waals surface area contributed by atoms with Crippen molar-refractivity contribution in [2.75, 3.05) is 19.1 Å². The maximum absolute atomic E-state index is 11.8. The molecule has 5 nitrogen and oxygen atoms in total. The summed E-state index contributed by atoms with van der Waals surface area (Å²) in [5, 5.41) is 2.16. The molecule has 24 heavy (non-hydrogen) atoms. The topological polar surface area (TPSA) is 58.2 Å². The summed E-state index contributed by atoms with van der Waals surface area (Å²) < 4.78 is 4.80. The number of hydrogen-bond acceptors (Lipinski definition) is 3.